The molecule has 1 aliphatic rings. The number of thiophene rings is 2. The maximum Gasteiger partial charge on any atom is 0.275 e. The van der Waals surface area contributed by atoms with E-state index in [0.717, 1.165) is 44.9 Å². The van der Waals surface area contributed by atoms with Crippen LogP contribution in [0.25, 0.3) is 32.0 Å². The van der Waals surface area contributed by atoms with E-state index < -0.39 is 11.8 Å². The van der Waals surface area contributed by atoms with Crippen LogP contribution in [0.2, 0.25) is 0 Å². The van der Waals surface area contributed by atoms with Crippen LogP contribution in [0.4, 0.5) is 5.82 Å². The number of halogens is 1. The van der Waals surface area contributed by atoms with E-state index in [9.17, 15) is 9.59 Å². The highest BCUT2D eigenvalue weighted by Crippen LogP contribution is 2.40. The molecule has 1 aliphatic heterocycles. The van der Waals surface area contributed by atoms with Gasteiger partial charge < -0.3 is 15.0 Å². The fraction of sp³-hybridized carbons (Fsp3) is 0.231. The Hall–Kier alpha value is -3.31. The molecule has 3 aromatic heterocycles. The molecule has 0 bridgehead atoms. The van der Waals surface area contributed by atoms with Gasteiger partial charge in [0, 0.05) is 23.1 Å². The van der Waals surface area contributed by atoms with E-state index >= 15 is 0 Å². The first-order valence-corrected chi connectivity index (χ1v) is 13.2. The molecule has 0 fully saturated rings. The number of rotatable bonds is 9. The van der Waals surface area contributed by atoms with Crippen molar-refractivity contribution in [2.24, 2.45) is 0 Å². The number of nitrogens with zero attached hydrogens (tertiary/aromatic N) is 3. The molecule has 37 heavy (non-hydrogen) atoms. The summed E-state index contributed by atoms with van der Waals surface area (Å²) in [7, 11) is 4.09. The molecule has 1 aromatic carbocycles. The van der Waals surface area contributed by atoms with Gasteiger partial charge in [0.1, 0.15) is 22.1 Å². The van der Waals surface area contributed by atoms with Gasteiger partial charge in [0.2, 0.25) is 0 Å². The monoisotopic (exact) mass is 555 g/mol. The molecule has 4 aromatic rings. The van der Waals surface area contributed by atoms with E-state index in [2.05, 4.69) is 15.5 Å². The zero-order chi connectivity index (χ0) is 25.2. The average molecular weight is 556 g/mol. The van der Waals surface area contributed by atoms with Crippen LogP contribution in [0.3, 0.4) is 0 Å². The van der Waals surface area contributed by atoms with Crippen molar-refractivity contribution < 1.29 is 14.3 Å². The lowest BCUT2D eigenvalue weighted by Gasteiger charge is -2.12. The standard InChI is InChI=1S/C26H25N5O3S2.ClH/c1-15-21(25(33)30-24(15)32)27-23-20-18(14-36-26(20)29-22(28-23)19-9-5-12-35-19)16-7-4-8-17(13-16)34-11-6-10-31(2)3;/h4-5,7-9,12-14H,6,10-11H2,1-3H3,(H2,27,28,29,30,32,33);1H. The quantitative estimate of drug-likeness (QED) is 0.217. The molecule has 4 heterocycles. The Morgan fingerprint density at radius 2 is 1.92 bits per heavy atom. The van der Waals surface area contributed by atoms with E-state index in [0.29, 0.717) is 23.8 Å². The fourth-order valence-corrected chi connectivity index (χ4v) is 5.50. The molecule has 11 heteroatoms. The number of hydrogen-bond donors (Lipinski definition) is 2. The third-order valence-electron chi connectivity index (χ3n) is 5.75. The number of carbonyl (C=O) groups excluding carboxylic acids is 2. The Kier molecular flexibility index (Phi) is 8.23. The molecular formula is C26H26ClN5O3S2. The van der Waals surface area contributed by atoms with Crippen LogP contribution in [0, 0.1) is 0 Å². The van der Waals surface area contributed by atoms with Crippen molar-refractivity contribution in [1.82, 2.24) is 20.2 Å². The molecule has 2 N–H and O–H groups in total. The molecule has 0 atom stereocenters. The van der Waals surface area contributed by atoms with Crippen molar-refractivity contribution >= 4 is 62.9 Å². The van der Waals surface area contributed by atoms with Gasteiger partial charge in [0.05, 0.1) is 16.9 Å². The van der Waals surface area contributed by atoms with Crippen LogP contribution in [-0.4, -0.2) is 53.9 Å². The number of hydrogen-bond acceptors (Lipinski definition) is 9. The molecule has 192 valence electrons. The smallest absolute Gasteiger partial charge is 0.275 e. The topological polar surface area (TPSA) is 96.5 Å². The summed E-state index contributed by atoms with van der Waals surface area (Å²) in [4.78, 5) is 37.9. The molecule has 8 nitrogen and oxygen atoms in total. The van der Waals surface area contributed by atoms with Crippen molar-refractivity contribution in [2.45, 2.75) is 13.3 Å². The van der Waals surface area contributed by atoms with Gasteiger partial charge in [-0.1, -0.05) is 18.2 Å². The lowest BCUT2D eigenvalue weighted by Crippen LogP contribution is -2.24. The molecular weight excluding hydrogens is 530 g/mol. The number of ether oxygens (including phenoxy) is 1. The molecule has 0 aliphatic carbocycles. The number of anilines is 1. The van der Waals surface area contributed by atoms with Crippen LogP contribution >= 0.6 is 35.1 Å². The Labute approximate surface area is 228 Å². The first-order chi connectivity index (χ1) is 17.4. The second-order valence-corrected chi connectivity index (χ2v) is 10.4. The predicted octanol–water partition coefficient (Wildman–Crippen LogP) is 5.18. The summed E-state index contributed by atoms with van der Waals surface area (Å²) < 4.78 is 5.99. The minimum atomic E-state index is -0.466. The predicted molar refractivity (Wildman–Crippen MR) is 152 cm³/mol. The minimum Gasteiger partial charge on any atom is -0.494 e. The van der Waals surface area contributed by atoms with E-state index in [1.807, 2.05) is 61.3 Å². The van der Waals surface area contributed by atoms with Crippen molar-refractivity contribution in [3.63, 3.8) is 0 Å². The number of fused-ring (bicyclic) bond motifs is 1. The van der Waals surface area contributed by atoms with Crippen LogP contribution in [-0.2, 0) is 9.59 Å². The van der Waals surface area contributed by atoms with E-state index in [1.54, 1.807) is 18.3 Å². The fourth-order valence-electron chi connectivity index (χ4n) is 3.90. The normalized spacial score (nSPS) is 13.3. The van der Waals surface area contributed by atoms with Gasteiger partial charge in [0.25, 0.3) is 11.8 Å². The zero-order valence-electron chi connectivity index (χ0n) is 20.5. The maximum atomic E-state index is 12.4. The summed E-state index contributed by atoms with van der Waals surface area (Å²) in [5, 5.41) is 10.3. The Morgan fingerprint density at radius 1 is 1.08 bits per heavy atom. The highest BCUT2D eigenvalue weighted by atomic mass is 35.5. The van der Waals surface area contributed by atoms with E-state index in [-0.39, 0.29) is 18.1 Å². The summed E-state index contributed by atoms with van der Waals surface area (Å²) in [6.45, 7) is 3.20. The van der Waals surface area contributed by atoms with E-state index in [4.69, 9.17) is 14.7 Å². The zero-order valence-corrected chi connectivity index (χ0v) is 23.0. The number of benzene rings is 1. The third kappa shape index (κ3) is 5.67. The molecule has 0 saturated heterocycles. The van der Waals surface area contributed by atoms with Gasteiger partial charge in [0.15, 0.2) is 5.82 Å². The molecule has 0 unspecified atom stereocenters. The number of amides is 2. The summed E-state index contributed by atoms with van der Waals surface area (Å²) in [6.07, 6.45) is 0.932. The second kappa shape index (κ2) is 11.4. The lowest BCUT2D eigenvalue weighted by atomic mass is 10.1. The molecule has 0 spiro atoms. The van der Waals surface area contributed by atoms with Gasteiger partial charge in [-0.05, 0) is 56.6 Å². The van der Waals surface area contributed by atoms with Crippen molar-refractivity contribution in [3.8, 4) is 27.6 Å². The minimum absolute atomic E-state index is 0. The third-order valence-corrected chi connectivity index (χ3v) is 7.49. The van der Waals surface area contributed by atoms with Gasteiger partial charge >= 0.3 is 0 Å². The Morgan fingerprint density at radius 3 is 2.62 bits per heavy atom. The van der Waals surface area contributed by atoms with E-state index in [1.165, 1.54) is 11.3 Å². The summed E-state index contributed by atoms with van der Waals surface area (Å²) in [5.74, 6) is 0.962. The van der Waals surface area contributed by atoms with Crippen LogP contribution in [0.15, 0.2) is 58.4 Å². The number of nitrogens with one attached hydrogen (secondary N) is 2. The SMILES string of the molecule is CC1=C(Nc2nc(-c3cccs3)nc3scc(-c4cccc(OCCCN(C)C)c4)c23)C(=O)NC1=O.Cl. The largest absolute Gasteiger partial charge is 0.494 e. The van der Waals surface area contributed by atoms with Crippen molar-refractivity contribution in [3.05, 3.63) is 58.4 Å². The van der Waals surface area contributed by atoms with Gasteiger partial charge in [-0.15, -0.1) is 35.1 Å². The van der Waals surface area contributed by atoms with Crippen LogP contribution < -0.4 is 15.4 Å². The first-order valence-electron chi connectivity index (χ1n) is 11.5. The maximum absolute atomic E-state index is 12.4. The van der Waals surface area contributed by atoms with Gasteiger partial charge in [-0.3, -0.25) is 14.9 Å². The van der Waals surface area contributed by atoms with Gasteiger partial charge in [-0.25, -0.2) is 9.97 Å². The molecule has 5 rings (SSSR count). The van der Waals surface area contributed by atoms with Crippen LogP contribution in [0.5, 0.6) is 5.75 Å². The molecule has 0 radical (unpaired) electrons. The summed E-state index contributed by atoms with van der Waals surface area (Å²) in [6, 6.07) is 11.8. The van der Waals surface area contributed by atoms with Gasteiger partial charge in [-0.2, -0.15) is 0 Å². The first kappa shape index (κ1) is 26.7. The highest BCUT2D eigenvalue weighted by molar-refractivity contribution is 7.17. The average Bonchev–Trinajstić information content (AvgIpc) is 3.59. The second-order valence-electron chi connectivity index (χ2n) is 8.64. The Bertz CT molecular complexity index is 1480. The molecule has 2 amide bonds. The lowest BCUT2D eigenvalue weighted by molar-refractivity contribution is -0.124. The Balaban J connectivity index is 0.00000320. The molecule has 0 saturated carbocycles. The van der Waals surface area contributed by atoms with Crippen molar-refractivity contribution in [2.75, 3.05) is 32.6 Å². The van der Waals surface area contributed by atoms with Crippen LogP contribution in [0.1, 0.15) is 13.3 Å². The highest BCUT2D eigenvalue weighted by Gasteiger charge is 2.29. The number of aromatic nitrogens is 2. The van der Waals surface area contributed by atoms with Crippen molar-refractivity contribution in [1.29, 1.82) is 0 Å². The summed E-state index contributed by atoms with van der Waals surface area (Å²) >= 11 is 3.05. The summed E-state index contributed by atoms with van der Waals surface area (Å²) in [5.41, 5.74) is 2.41. The number of carbonyl (C=O) groups is 2. The number of imide groups is 1.